The first-order chi connectivity index (χ1) is 7.18. The Bertz CT molecular complexity index is 314. The molecule has 0 aliphatic heterocycles. The van der Waals surface area contributed by atoms with Gasteiger partial charge in [0, 0.05) is 19.8 Å². The molecule has 15 heavy (non-hydrogen) atoms. The number of aliphatic hydroxyl groups is 1. The second-order valence-electron chi connectivity index (χ2n) is 4.62. The second kappa shape index (κ2) is 4.23. The first-order valence-corrected chi connectivity index (χ1v) is 5.64. The van der Waals surface area contributed by atoms with Crippen molar-refractivity contribution in [1.82, 2.24) is 0 Å². The van der Waals surface area contributed by atoms with E-state index in [0.29, 0.717) is 5.92 Å². The lowest BCUT2D eigenvalue weighted by atomic mass is 9.79. The monoisotopic (exact) mass is 205 g/mol. The first-order valence-electron chi connectivity index (χ1n) is 5.64. The third kappa shape index (κ3) is 2.15. The summed E-state index contributed by atoms with van der Waals surface area (Å²) in [6.07, 6.45) is 3.38. The minimum absolute atomic E-state index is 0.255. The molecule has 1 unspecified atom stereocenters. The van der Waals surface area contributed by atoms with Gasteiger partial charge in [-0.25, -0.2) is 0 Å². The van der Waals surface area contributed by atoms with Crippen LogP contribution in [0.25, 0.3) is 0 Å². The van der Waals surface area contributed by atoms with Crippen molar-refractivity contribution in [1.29, 1.82) is 0 Å². The maximum absolute atomic E-state index is 10.1. The highest BCUT2D eigenvalue weighted by molar-refractivity contribution is 5.46. The number of nitrogens with zero attached hydrogens (tertiary/aromatic N) is 1. The van der Waals surface area contributed by atoms with Gasteiger partial charge in [-0.15, -0.1) is 0 Å². The molecule has 1 saturated carbocycles. The molecule has 1 aliphatic rings. The molecule has 1 aromatic rings. The number of aliphatic hydroxyl groups excluding tert-OH is 1. The van der Waals surface area contributed by atoms with Crippen LogP contribution in [0.5, 0.6) is 0 Å². The number of rotatable bonds is 3. The largest absolute Gasteiger partial charge is 0.388 e. The fourth-order valence-electron chi connectivity index (χ4n) is 2.00. The van der Waals surface area contributed by atoms with Gasteiger partial charge >= 0.3 is 0 Å². The van der Waals surface area contributed by atoms with E-state index in [0.717, 1.165) is 5.56 Å². The fraction of sp³-hybridized carbons (Fsp3) is 0.538. The van der Waals surface area contributed by atoms with Gasteiger partial charge in [0.05, 0.1) is 6.10 Å². The summed E-state index contributed by atoms with van der Waals surface area (Å²) in [6.45, 7) is 0. The van der Waals surface area contributed by atoms with Crippen molar-refractivity contribution < 1.29 is 5.11 Å². The van der Waals surface area contributed by atoms with Crippen molar-refractivity contribution in [2.45, 2.75) is 25.4 Å². The lowest BCUT2D eigenvalue weighted by Crippen LogP contribution is -2.20. The van der Waals surface area contributed by atoms with E-state index in [1.807, 2.05) is 26.2 Å². The van der Waals surface area contributed by atoms with Gasteiger partial charge in [0.1, 0.15) is 0 Å². The van der Waals surface area contributed by atoms with Crippen molar-refractivity contribution in [3.05, 3.63) is 29.8 Å². The third-order valence-electron chi connectivity index (χ3n) is 3.35. The zero-order valence-electron chi connectivity index (χ0n) is 9.48. The SMILES string of the molecule is CN(C)c1ccc(C(O)C2CCC2)cc1. The minimum Gasteiger partial charge on any atom is -0.388 e. The smallest absolute Gasteiger partial charge is 0.0818 e. The lowest BCUT2D eigenvalue weighted by molar-refractivity contribution is 0.0621. The number of benzene rings is 1. The molecule has 1 N–H and O–H groups in total. The third-order valence-corrected chi connectivity index (χ3v) is 3.35. The Hall–Kier alpha value is -1.02. The van der Waals surface area contributed by atoms with Crippen LogP contribution in [0.2, 0.25) is 0 Å². The van der Waals surface area contributed by atoms with Gasteiger partial charge < -0.3 is 10.0 Å². The highest BCUT2D eigenvalue weighted by Crippen LogP contribution is 2.37. The summed E-state index contributed by atoms with van der Waals surface area (Å²) in [5.74, 6) is 0.496. The van der Waals surface area contributed by atoms with Gasteiger partial charge in [0.25, 0.3) is 0 Å². The Morgan fingerprint density at radius 2 is 1.80 bits per heavy atom. The number of anilines is 1. The molecule has 0 heterocycles. The van der Waals surface area contributed by atoms with Crippen LogP contribution in [0.4, 0.5) is 5.69 Å². The predicted molar refractivity (Wildman–Crippen MR) is 63.1 cm³/mol. The molecule has 0 radical (unpaired) electrons. The van der Waals surface area contributed by atoms with Crippen LogP contribution in [-0.2, 0) is 0 Å². The molecule has 0 amide bonds. The van der Waals surface area contributed by atoms with Crippen molar-refractivity contribution in [2.75, 3.05) is 19.0 Å². The molecule has 82 valence electrons. The predicted octanol–water partition coefficient (Wildman–Crippen LogP) is 2.59. The quantitative estimate of drug-likeness (QED) is 0.820. The number of hydrogen-bond acceptors (Lipinski definition) is 2. The highest BCUT2D eigenvalue weighted by atomic mass is 16.3. The van der Waals surface area contributed by atoms with Gasteiger partial charge in [0.15, 0.2) is 0 Å². The Morgan fingerprint density at radius 1 is 1.20 bits per heavy atom. The summed E-state index contributed by atoms with van der Waals surface area (Å²) in [6, 6.07) is 8.21. The summed E-state index contributed by atoms with van der Waals surface area (Å²) in [7, 11) is 4.05. The average Bonchev–Trinajstić information content (AvgIpc) is 2.15. The highest BCUT2D eigenvalue weighted by Gasteiger charge is 2.26. The van der Waals surface area contributed by atoms with E-state index < -0.39 is 0 Å². The van der Waals surface area contributed by atoms with E-state index in [4.69, 9.17) is 0 Å². The van der Waals surface area contributed by atoms with Crippen LogP contribution >= 0.6 is 0 Å². The molecule has 2 rings (SSSR count). The maximum atomic E-state index is 10.1. The minimum atomic E-state index is -0.255. The van der Waals surface area contributed by atoms with Crippen LogP contribution < -0.4 is 4.90 Å². The van der Waals surface area contributed by atoms with E-state index in [1.165, 1.54) is 24.9 Å². The Labute approximate surface area is 91.5 Å². The van der Waals surface area contributed by atoms with Crippen molar-refractivity contribution >= 4 is 5.69 Å². The van der Waals surface area contributed by atoms with E-state index in [-0.39, 0.29) is 6.10 Å². The molecule has 0 spiro atoms. The van der Waals surface area contributed by atoms with Crippen molar-refractivity contribution in [2.24, 2.45) is 5.92 Å². The fourth-order valence-corrected chi connectivity index (χ4v) is 2.00. The van der Waals surface area contributed by atoms with Crippen LogP contribution in [0.3, 0.4) is 0 Å². The molecular weight excluding hydrogens is 186 g/mol. The normalized spacial score (nSPS) is 18.3. The number of hydrogen-bond donors (Lipinski definition) is 1. The summed E-state index contributed by atoms with van der Waals surface area (Å²) < 4.78 is 0. The summed E-state index contributed by atoms with van der Waals surface area (Å²) in [5.41, 5.74) is 2.24. The first kappa shape index (κ1) is 10.5. The molecule has 1 fully saturated rings. The second-order valence-corrected chi connectivity index (χ2v) is 4.62. The Morgan fingerprint density at radius 3 is 2.20 bits per heavy atom. The molecule has 0 bridgehead atoms. The molecule has 0 aromatic heterocycles. The molecule has 1 aromatic carbocycles. The van der Waals surface area contributed by atoms with E-state index in [1.54, 1.807) is 0 Å². The van der Waals surface area contributed by atoms with Gasteiger partial charge in [-0.05, 0) is 36.5 Å². The standard InChI is InChI=1S/C13H19NO/c1-14(2)12-8-6-11(7-9-12)13(15)10-4-3-5-10/h6-10,13,15H,3-5H2,1-2H3. The van der Waals surface area contributed by atoms with Crippen LogP contribution in [-0.4, -0.2) is 19.2 Å². The van der Waals surface area contributed by atoms with E-state index in [9.17, 15) is 5.11 Å². The van der Waals surface area contributed by atoms with E-state index >= 15 is 0 Å². The summed E-state index contributed by atoms with van der Waals surface area (Å²) in [5, 5.41) is 10.1. The molecule has 1 aliphatic carbocycles. The molecule has 0 saturated heterocycles. The van der Waals surface area contributed by atoms with Crippen molar-refractivity contribution in [3.8, 4) is 0 Å². The van der Waals surface area contributed by atoms with Gasteiger partial charge in [-0.2, -0.15) is 0 Å². The molecule has 1 atom stereocenters. The Kier molecular flexibility index (Phi) is 2.96. The summed E-state index contributed by atoms with van der Waals surface area (Å²) >= 11 is 0. The molecule has 2 nitrogen and oxygen atoms in total. The maximum Gasteiger partial charge on any atom is 0.0818 e. The Balaban J connectivity index is 2.08. The topological polar surface area (TPSA) is 23.5 Å². The zero-order chi connectivity index (χ0) is 10.8. The summed E-state index contributed by atoms with van der Waals surface area (Å²) in [4.78, 5) is 2.07. The van der Waals surface area contributed by atoms with Gasteiger partial charge in [0.2, 0.25) is 0 Å². The van der Waals surface area contributed by atoms with Crippen LogP contribution in [0.15, 0.2) is 24.3 Å². The molecular formula is C13H19NO. The lowest BCUT2D eigenvalue weighted by Gasteiger charge is -2.30. The van der Waals surface area contributed by atoms with Crippen LogP contribution in [0, 0.1) is 5.92 Å². The van der Waals surface area contributed by atoms with Gasteiger partial charge in [-0.3, -0.25) is 0 Å². The van der Waals surface area contributed by atoms with Crippen molar-refractivity contribution in [3.63, 3.8) is 0 Å². The van der Waals surface area contributed by atoms with E-state index in [2.05, 4.69) is 17.0 Å². The average molecular weight is 205 g/mol. The zero-order valence-corrected chi connectivity index (χ0v) is 9.48. The van der Waals surface area contributed by atoms with Crippen LogP contribution in [0.1, 0.15) is 30.9 Å². The molecule has 2 heteroatoms. The van der Waals surface area contributed by atoms with Gasteiger partial charge in [-0.1, -0.05) is 18.6 Å².